The molecule has 1 aliphatic rings. The Morgan fingerprint density at radius 2 is 1.92 bits per heavy atom. The number of nitrogens with zero attached hydrogens (tertiary/aromatic N) is 2. The Morgan fingerprint density at radius 1 is 1.21 bits per heavy atom. The molecule has 3 amide bonds. The number of aliphatic carboxylic acids is 1. The van der Waals surface area contributed by atoms with Crippen LogP contribution >= 0.6 is 22.6 Å². The minimum Gasteiger partial charge on any atom is -0.480 e. The van der Waals surface area contributed by atoms with E-state index in [0.717, 1.165) is 9.26 Å². The van der Waals surface area contributed by atoms with Gasteiger partial charge in [0, 0.05) is 21.1 Å². The van der Waals surface area contributed by atoms with Crippen LogP contribution in [0.4, 0.5) is 4.79 Å². The fraction of sp³-hybridized carbons (Fsp3) is 0.0625. The van der Waals surface area contributed by atoms with Gasteiger partial charge in [-0.1, -0.05) is 0 Å². The van der Waals surface area contributed by atoms with E-state index in [-0.39, 0.29) is 5.70 Å². The van der Waals surface area contributed by atoms with Crippen LogP contribution < -0.4 is 5.32 Å². The molecule has 24 heavy (non-hydrogen) atoms. The Bertz CT molecular complexity index is 854. The van der Waals surface area contributed by atoms with Crippen LogP contribution in [0.3, 0.4) is 0 Å². The quantitative estimate of drug-likeness (QED) is 0.435. The van der Waals surface area contributed by atoms with Gasteiger partial charge in [0.15, 0.2) is 0 Å². The number of benzene rings is 1. The van der Waals surface area contributed by atoms with Gasteiger partial charge in [0.2, 0.25) is 0 Å². The summed E-state index contributed by atoms with van der Waals surface area (Å²) >= 11 is 2.21. The van der Waals surface area contributed by atoms with Crippen molar-refractivity contribution in [1.29, 1.82) is 0 Å². The molecule has 0 atom stereocenters. The number of carboxylic acids is 1. The summed E-state index contributed by atoms with van der Waals surface area (Å²) in [4.78, 5) is 35.3. The van der Waals surface area contributed by atoms with Crippen molar-refractivity contribution in [3.63, 3.8) is 0 Å². The number of carboxylic acid groups (broad SMARTS) is 1. The molecular formula is C16H12IN3O4. The fourth-order valence-corrected chi connectivity index (χ4v) is 2.71. The van der Waals surface area contributed by atoms with E-state index >= 15 is 0 Å². The minimum atomic E-state index is -1.25. The van der Waals surface area contributed by atoms with Crippen LogP contribution in [0.25, 0.3) is 11.8 Å². The van der Waals surface area contributed by atoms with Crippen LogP contribution in [0.1, 0.15) is 5.69 Å². The number of nitrogens with one attached hydrogen (secondary N) is 1. The molecule has 0 aliphatic carbocycles. The highest BCUT2D eigenvalue weighted by atomic mass is 127. The average molecular weight is 437 g/mol. The zero-order valence-electron chi connectivity index (χ0n) is 12.3. The third kappa shape index (κ3) is 3.18. The van der Waals surface area contributed by atoms with Crippen molar-refractivity contribution in [3.8, 4) is 5.69 Å². The van der Waals surface area contributed by atoms with Crippen LogP contribution in [0, 0.1) is 3.57 Å². The van der Waals surface area contributed by atoms with E-state index < -0.39 is 24.5 Å². The standard InChI is InChI=1S/C16H12IN3O4/c17-10-3-5-11(6-4-10)19-7-1-2-12(19)8-13-15(23)20(9-14(21)22)16(24)18-13/h1-8H,9H2,(H,18,24)(H,21,22)/b13-8+. The number of carbonyl (C=O) groups excluding carboxylic acids is 2. The number of carbonyl (C=O) groups is 3. The Kier molecular flexibility index (Phi) is 4.38. The summed E-state index contributed by atoms with van der Waals surface area (Å²) in [5.41, 5.74) is 1.65. The van der Waals surface area contributed by atoms with Crippen molar-refractivity contribution in [2.24, 2.45) is 0 Å². The lowest BCUT2D eigenvalue weighted by Gasteiger charge is -2.08. The van der Waals surface area contributed by atoms with Crippen molar-refractivity contribution in [2.45, 2.75) is 0 Å². The molecule has 8 heteroatoms. The maximum atomic E-state index is 12.2. The molecule has 0 bridgehead atoms. The number of hydrogen-bond donors (Lipinski definition) is 2. The molecule has 2 aromatic rings. The second kappa shape index (κ2) is 6.48. The molecule has 1 saturated heterocycles. The summed E-state index contributed by atoms with van der Waals surface area (Å²) in [6.07, 6.45) is 3.37. The van der Waals surface area contributed by atoms with Gasteiger partial charge in [-0.15, -0.1) is 0 Å². The van der Waals surface area contributed by atoms with Crippen molar-refractivity contribution in [2.75, 3.05) is 6.54 Å². The van der Waals surface area contributed by atoms with Crippen LogP contribution in [0.5, 0.6) is 0 Å². The molecule has 2 N–H and O–H groups in total. The molecule has 1 fully saturated rings. The number of rotatable bonds is 4. The molecule has 122 valence electrons. The lowest BCUT2D eigenvalue weighted by atomic mass is 10.2. The Balaban J connectivity index is 1.92. The van der Waals surface area contributed by atoms with E-state index in [4.69, 9.17) is 5.11 Å². The summed E-state index contributed by atoms with van der Waals surface area (Å²) in [6.45, 7) is -0.667. The van der Waals surface area contributed by atoms with Crippen molar-refractivity contribution in [3.05, 3.63) is 57.6 Å². The van der Waals surface area contributed by atoms with E-state index in [2.05, 4.69) is 27.9 Å². The summed E-state index contributed by atoms with van der Waals surface area (Å²) in [5.74, 6) is -1.90. The molecule has 0 spiro atoms. The summed E-state index contributed by atoms with van der Waals surface area (Å²) < 4.78 is 2.97. The molecule has 0 unspecified atom stereocenters. The van der Waals surface area contributed by atoms with Gasteiger partial charge in [-0.2, -0.15) is 0 Å². The van der Waals surface area contributed by atoms with Crippen LogP contribution in [-0.4, -0.2) is 39.0 Å². The summed E-state index contributed by atoms with van der Waals surface area (Å²) in [6, 6.07) is 10.7. The Morgan fingerprint density at radius 3 is 2.58 bits per heavy atom. The second-order valence-electron chi connectivity index (χ2n) is 5.05. The average Bonchev–Trinajstić information content (AvgIpc) is 3.09. The molecule has 1 aromatic heterocycles. The molecule has 2 heterocycles. The normalized spacial score (nSPS) is 15.9. The third-order valence-corrected chi connectivity index (χ3v) is 4.15. The lowest BCUT2D eigenvalue weighted by molar-refractivity contribution is -0.140. The highest BCUT2D eigenvalue weighted by molar-refractivity contribution is 14.1. The number of imide groups is 1. The van der Waals surface area contributed by atoms with E-state index in [9.17, 15) is 14.4 Å². The first-order valence-electron chi connectivity index (χ1n) is 6.95. The van der Waals surface area contributed by atoms with E-state index in [1.54, 1.807) is 6.07 Å². The van der Waals surface area contributed by atoms with E-state index in [1.807, 2.05) is 41.1 Å². The maximum Gasteiger partial charge on any atom is 0.329 e. The van der Waals surface area contributed by atoms with Crippen LogP contribution in [-0.2, 0) is 9.59 Å². The van der Waals surface area contributed by atoms with Gasteiger partial charge in [-0.05, 0) is 65.1 Å². The highest BCUT2D eigenvalue weighted by Gasteiger charge is 2.35. The van der Waals surface area contributed by atoms with E-state index in [1.165, 1.54) is 6.08 Å². The predicted molar refractivity (Wildman–Crippen MR) is 94.3 cm³/mol. The maximum absolute atomic E-state index is 12.2. The first-order chi connectivity index (χ1) is 11.5. The molecule has 0 radical (unpaired) electrons. The first kappa shape index (κ1) is 16.2. The smallest absolute Gasteiger partial charge is 0.329 e. The molecule has 1 aromatic carbocycles. The number of amides is 3. The van der Waals surface area contributed by atoms with Gasteiger partial charge in [0.25, 0.3) is 5.91 Å². The Hall–Kier alpha value is -2.62. The number of aromatic nitrogens is 1. The van der Waals surface area contributed by atoms with Gasteiger partial charge in [0.1, 0.15) is 12.2 Å². The minimum absolute atomic E-state index is 0.0479. The monoisotopic (exact) mass is 437 g/mol. The lowest BCUT2D eigenvalue weighted by Crippen LogP contribution is -2.35. The van der Waals surface area contributed by atoms with Crippen LogP contribution in [0.2, 0.25) is 0 Å². The molecule has 0 saturated carbocycles. The largest absolute Gasteiger partial charge is 0.480 e. The van der Waals surface area contributed by atoms with Crippen molar-refractivity contribution in [1.82, 2.24) is 14.8 Å². The van der Waals surface area contributed by atoms with Crippen molar-refractivity contribution < 1.29 is 19.5 Å². The molecule has 1 aliphatic heterocycles. The highest BCUT2D eigenvalue weighted by Crippen LogP contribution is 2.19. The number of halogens is 1. The third-order valence-electron chi connectivity index (χ3n) is 3.43. The Labute approximate surface area is 150 Å². The van der Waals surface area contributed by atoms with Crippen molar-refractivity contribution >= 4 is 46.6 Å². The predicted octanol–water partition coefficient (Wildman–Crippen LogP) is 2.06. The topological polar surface area (TPSA) is 91.6 Å². The molecule has 3 rings (SSSR count). The van der Waals surface area contributed by atoms with Gasteiger partial charge >= 0.3 is 12.0 Å². The fourth-order valence-electron chi connectivity index (χ4n) is 2.35. The van der Waals surface area contributed by atoms with Gasteiger partial charge in [-0.3, -0.25) is 9.59 Å². The number of hydrogen-bond acceptors (Lipinski definition) is 3. The summed E-state index contributed by atoms with van der Waals surface area (Å²) in [5, 5.41) is 11.2. The van der Waals surface area contributed by atoms with Gasteiger partial charge < -0.3 is 15.0 Å². The zero-order valence-corrected chi connectivity index (χ0v) is 14.4. The SMILES string of the molecule is O=C(O)CN1C(=O)N/C(=C/c2cccn2-c2ccc(I)cc2)C1=O. The second-order valence-corrected chi connectivity index (χ2v) is 6.30. The van der Waals surface area contributed by atoms with Crippen LogP contribution in [0.15, 0.2) is 48.3 Å². The van der Waals surface area contributed by atoms with Gasteiger partial charge in [0.05, 0.1) is 0 Å². The molecular weight excluding hydrogens is 425 g/mol. The zero-order chi connectivity index (χ0) is 17.3. The summed E-state index contributed by atoms with van der Waals surface area (Å²) in [7, 11) is 0. The van der Waals surface area contributed by atoms with Gasteiger partial charge in [-0.25, -0.2) is 9.69 Å². The molecule has 7 nitrogen and oxygen atoms in total. The van der Waals surface area contributed by atoms with E-state index in [0.29, 0.717) is 10.6 Å². The number of urea groups is 1. The first-order valence-corrected chi connectivity index (χ1v) is 8.03.